The maximum Gasteiger partial charge on any atom is 0.251 e. The third-order valence-corrected chi connectivity index (χ3v) is 5.96. The Bertz CT molecular complexity index is 883. The highest BCUT2D eigenvalue weighted by molar-refractivity contribution is 7.78. The fraction of sp³-hybridized carbons (Fsp3) is 0.350. The second-order valence-corrected chi connectivity index (χ2v) is 8.14. The van der Waals surface area contributed by atoms with Crippen LogP contribution in [0, 0.1) is 5.92 Å². The first kappa shape index (κ1) is 17.4. The molecule has 1 amide bonds. The van der Waals surface area contributed by atoms with Crippen molar-refractivity contribution in [1.29, 1.82) is 0 Å². The molecule has 1 N–H and O–H groups in total. The summed E-state index contributed by atoms with van der Waals surface area (Å²) in [5.74, 6) is 0.800. The van der Waals surface area contributed by atoms with E-state index in [9.17, 15) is 13.6 Å². The highest BCUT2D eigenvalue weighted by atomic mass is 32.2. The molecule has 2 heterocycles. The molecule has 1 saturated heterocycles. The summed E-state index contributed by atoms with van der Waals surface area (Å²) in [7, 11) is 2.12. The highest BCUT2D eigenvalue weighted by Crippen LogP contribution is 2.37. The van der Waals surface area contributed by atoms with Gasteiger partial charge in [0.1, 0.15) is 0 Å². The molecule has 0 saturated carbocycles. The van der Waals surface area contributed by atoms with Gasteiger partial charge in [-0.05, 0) is 41.3 Å². The van der Waals surface area contributed by atoms with Crippen LogP contribution in [0.15, 0.2) is 42.5 Å². The third kappa shape index (κ3) is 3.32. The summed E-state index contributed by atoms with van der Waals surface area (Å²) < 4.78 is 21.9. The first-order valence-electron chi connectivity index (χ1n) is 8.77. The number of fused-ring (bicyclic) bond motifs is 3. The fourth-order valence-corrected chi connectivity index (χ4v) is 4.65. The monoisotopic (exact) mass is 369 g/mol. The molecule has 0 aromatic heterocycles. The van der Waals surface area contributed by atoms with Crippen LogP contribution in [0.5, 0.6) is 0 Å². The molecule has 2 aliphatic rings. The molecule has 6 heteroatoms. The van der Waals surface area contributed by atoms with Gasteiger partial charge in [-0.1, -0.05) is 47.5 Å². The summed E-state index contributed by atoms with van der Waals surface area (Å²) >= 11 is -2.12. The summed E-state index contributed by atoms with van der Waals surface area (Å²) in [5, 5.41) is 3.06. The number of nitrogens with one attached hydrogen (secondary N) is 1. The molecule has 2 aliphatic heterocycles. The second-order valence-electron chi connectivity index (χ2n) is 7.25. The largest absolute Gasteiger partial charge is 0.772 e. The van der Waals surface area contributed by atoms with E-state index in [4.69, 9.17) is 0 Å². The number of likely N-dealkylation sites (tertiary alicyclic amines) is 1. The van der Waals surface area contributed by atoms with Gasteiger partial charge in [-0.15, -0.1) is 0 Å². The van der Waals surface area contributed by atoms with Crippen molar-refractivity contribution >= 4 is 17.0 Å². The van der Waals surface area contributed by atoms with Gasteiger partial charge in [0.25, 0.3) is 5.91 Å². The van der Waals surface area contributed by atoms with E-state index in [-0.39, 0.29) is 11.7 Å². The number of nitrogens with zero attached hydrogens (tertiary/aromatic N) is 1. The van der Waals surface area contributed by atoms with Crippen LogP contribution in [0.2, 0.25) is 0 Å². The highest BCUT2D eigenvalue weighted by Gasteiger charge is 2.36. The van der Waals surface area contributed by atoms with Crippen molar-refractivity contribution in [2.45, 2.75) is 11.7 Å². The molecular formula is C20H21N2O3S-. The van der Waals surface area contributed by atoms with E-state index < -0.39 is 11.1 Å². The Kier molecular flexibility index (Phi) is 4.65. The summed E-state index contributed by atoms with van der Waals surface area (Å²) in [6.07, 6.45) is 0. The quantitative estimate of drug-likeness (QED) is 0.841. The van der Waals surface area contributed by atoms with E-state index in [2.05, 4.69) is 23.3 Å². The molecule has 3 atom stereocenters. The molecule has 26 heavy (non-hydrogen) atoms. The van der Waals surface area contributed by atoms with E-state index in [0.717, 1.165) is 40.9 Å². The van der Waals surface area contributed by atoms with E-state index in [0.29, 0.717) is 18.4 Å². The zero-order valence-corrected chi connectivity index (χ0v) is 15.4. The minimum atomic E-state index is -2.12. The SMILES string of the molecule is CN1CC2CNC(=O)c3cc(-c4cccc(CS(=O)[O-])c4)ccc3C2C1. The average molecular weight is 369 g/mol. The molecule has 0 bridgehead atoms. The number of hydrogen-bond donors (Lipinski definition) is 1. The summed E-state index contributed by atoms with van der Waals surface area (Å²) in [6.45, 7) is 2.68. The van der Waals surface area contributed by atoms with E-state index in [1.54, 1.807) is 6.07 Å². The van der Waals surface area contributed by atoms with Crippen molar-refractivity contribution in [3.05, 3.63) is 59.2 Å². The van der Waals surface area contributed by atoms with Crippen LogP contribution < -0.4 is 5.32 Å². The Balaban J connectivity index is 1.73. The molecule has 2 aromatic carbocycles. The lowest BCUT2D eigenvalue weighted by molar-refractivity contribution is 0.0951. The molecule has 136 valence electrons. The molecule has 0 radical (unpaired) electrons. The summed E-state index contributed by atoms with van der Waals surface area (Å²) in [5.41, 5.74) is 4.46. The molecule has 2 aromatic rings. The maximum atomic E-state index is 12.6. The Morgan fingerprint density at radius 2 is 2.00 bits per heavy atom. The van der Waals surface area contributed by atoms with Crippen LogP contribution >= 0.6 is 0 Å². The lowest BCUT2D eigenvalue weighted by atomic mass is 9.86. The van der Waals surface area contributed by atoms with Crippen molar-refractivity contribution in [3.8, 4) is 11.1 Å². The zero-order valence-electron chi connectivity index (χ0n) is 14.6. The predicted molar refractivity (Wildman–Crippen MR) is 101 cm³/mol. The number of likely N-dealkylation sites (N-methyl/N-ethyl adjacent to an activating group) is 1. The van der Waals surface area contributed by atoms with Gasteiger partial charge in [-0.3, -0.25) is 9.00 Å². The third-order valence-electron chi connectivity index (χ3n) is 5.39. The van der Waals surface area contributed by atoms with Gasteiger partial charge in [-0.25, -0.2) is 0 Å². The van der Waals surface area contributed by atoms with Crippen LogP contribution in [-0.2, 0) is 16.8 Å². The molecule has 5 nitrogen and oxygen atoms in total. The van der Waals surface area contributed by atoms with Crippen molar-refractivity contribution < 1.29 is 13.6 Å². The summed E-state index contributed by atoms with van der Waals surface area (Å²) in [4.78, 5) is 14.9. The zero-order chi connectivity index (χ0) is 18.3. The minimum Gasteiger partial charge on any atom is -0.772 e. The smallest absolute Gasteiger partial charge is 0.251 e. The Morgan fingerprint density at radius 1 is 1.19 bits per heavy atom. The van der Waals surface area contributed by atoms with Gasteiger partial charge in [0.2, 0.25) is 0 Å². The van der Waals surface area contributed by atoms with Gasteiger partial charge >= 0.3 is 0 Å². The number of amides is 1. The van der Waals surface area contributed by atoms with Crippen LogP contribution in [0.25, 0.3) is 11.1 Å². The molecular weight excluding hydrogens is 348 g/mol. The number of carbonyl (C=O) groups excluding carboxylic acids is 1. The van der Waals surface area contributed by atoms with E-state index >= 15 is 0 Å². The Hall–Kier alpha value is -2.02. The first-order valence-corrected chi connectivity index (χ1v) is 10.0. The molecule has 4 rings (SSSR count). The topological polar surface area (TPSA) is 72.5 Å². The lowest BCUT2D eigenvalue weighted by Gasteiger charge is -2.17. The van der Waals surface area contributed by atoms with Crippen molar-refractivity contribution in [2.24, 2.45) is 5.92 Å². The van der Waals surface area contributed by atoms with Crippen LogP contribution in [0.4, 0.5) is 0 Å². The van der Waals surface area contributed by atoms with E-state index in [1.807, 2.05) is 30.3 Å². The standard InChI is InChI=1S/C20H22N2O3S/c1-22-10-16-9-21-20(23)18-8-15(5-6-17(18)19(16)11-22)14-4-2-3-13(7-14)12-26(24)25/h2-8,16,19H,9-12H2,1H3,(H,21,23)(H,24,25)/p-1. The van der Waals surface area contributed by atoms with Gasteiger partial charge in [-0.2, -0.15) is 0 Å². The average Bonchev–Trinajstić information content (AvgIpc) is 2.94. The van der Waals surface area contributed by atoms with Crippen LogP contribution in [-0.4, -0.2) is 46.3 Å². The lowest BCUT2D eigenvalue weighted by Crippen LogP contribution is -2.29. The predicted octanol–water partition coefficient (Wildman–Crippen LogP) is 2.12. The number of hydrogen-bond acceptors (Lipinski definition) is 4. The Morgan fingerprint density at radius 3 is 2.81 bits per heavy atom. The minimum absolute atomic E-state index is 0.00461. The van der Waals surface area contributed by atoms with Gasteiger partial charge < -0.3 is 14.8 Å². The molecule has 3 unspecified atom stereocenters. The van der Waals surface area contributed by atoms with Crippen LogP contribution in [0.1, 0.15) is 27.4 Å². The summed E-state index contributed by atoms with van der Waals surface area (Å²) in [6, 6.07) is 13.5. The molecule has 0 spiro atoms. The second kappa shape index (κ2) is 6.95. The van der Waals surface area contributed by atoms with Crippen LogP contribution in [0.3, 0.4) is 0 Å². The van der Waals surface area contributed by atoms with Gasteiger partial charge in [0.05, 0.1) is 0 Å². The normalized spacial score (nSPS) is 23.7. The fourth-order valence-electron chi connectivity index (χ4n) is 4.20. The first-order chi connectivity index (χ1) is 12.5. The molecule has 0 aliphatic carbocycles. The van der Waals surface area contributed by atoms with Gasteiger partial charge in [0, 0.05) is 36.9 Å². The maximum absolute atomic E-state index is 12.6. The van der Waals surface area contributed by atoms with Gasteiger partial charge in [0.15, 0.2) is 0 Å². The number of rotatable bonds is 3. The van der Waals surface area contributed by atoms with Crippen molar-refractivity contribution in [1.82, 2.24) is 10.2 Å². The Labute approximate surface area is 155 Å². The van der Waals surface area contributed by atoms with E-state index in [1.165, 1.54) is 0 Å². The van der Waals surface area contributed by atoms with Crippen molar-refractivity contribution in [3.63, 3.8) is 0 Å². The molecule has 1 fully saturated rings. The number of benzene rings is 2. The van der Waals surface area contributed by atoms with Crippen molar-refractivity contribution in [2.75, 3.05) is 26.7 Å². The number of carbonyl (C=O) groups is 1.